The van der Waals surface area contributed by atoms with E-state index in [1.54, 1.807) is 17.8 Å². The second kappa shape index (κ2) is 4.71. The Bertz CT molecular complexity index is 323. The standard InChI is InChI=1S/C8H11N3O2S/c1-5(2-7(9)12)11-8(13)6-3-14-4-10-6/h3-5H,2H2,1H3,(H2,9,12)(H,11,13). The maximum atomic E-state index is 11.4. The second-order valence-corrected chi connectivity index (χ2v) is 3.64. The summed E-state index contributed by atoms with van der Waals surface area (Å²) in [7, 11) is 0. The first-order valence-corrected chi connectivity index (χ1v) is 5.01. The van der Waals surface area contributed by atoms with Gasteiger partial charge < -0.3 is 11.1 Å². The van der Waals surface area contributed by atoms with Crippen molar-refractivity contribution in [3.63, 3.8) is 0 Å². The van der Waals surface area contributed by atoms with Crippen molar-refractivity contribution in [2.75, 3.05) is 0 Å². The summed E-state index contributed by atoms with van der Waals surface area (Å²) < 4.78 is 0. The lowest BCUT2D eigenvalue weighted by molar-refractivity contribution is -0.118. The van der Waals surface area contributed by atoms with Crippen molar-refractivity contribution in [3.05, 3.63) is 16.6 Å². The summed E-state index contributed by atoms with van der Waals surface area (Å²) in [5.41, 5.74) is 6.93. The molecular formula is C8H11N3O2S. The number of nitrogens with zero attached hydrogens (tertiary/aromatic N) is 1. The Morgan fingerprint density at radius 2 is 2.43 bits per heavy atom. The maximum absolute atomic E-state index is 11.4. The first-order chi connectivity index (χ1) is 6.59. The Hall–Kier alpha value is -1.43. The molecule has 0 fully saturated rings. The number of thiazole rings is 1. The number of carbonyl (C=O) groups excluding carboxylic acids is 2. The summed E-state index contributed by atoms with van der Waals surface area (Å²) >= 11 is 1.35. The van der Waals surface area contributed by atoms with Crippen LogP contribution in [0.2, 0.25) is 0 Å². The summed E-state index contributed by atoms with van der Waals surface area (Å²) in [5.74, 6) is -0.712. The minimum Gasteiger partial charge on any atom is -0.370 e. The number of nitrogens with two attached hydrogens (primary N) is 1. The van der Waals surface area contributed by atoms with Crippen LogP contribution in [0.4, 0.5) is 0 Å². The van der Waals surface area contributed by atoms with Crippen molar-refractivity contribution in [1.29, 1.82) is 0 Å². The lowest BCUT2D eigenvalue weighted by atomic mass is 10.2. The molecule has 0 aliphatic rings. The fourth-order valence-electron chi connectivity index (χ4n) is 0.975. The molecule has 1 atom stereocenters. The molecule has 1 aromatic rings. The maximum Gasteiger partial charge on any atom is 0.270 e. The van der Waals surface area contributed by atoms with E-state index < -0.39 is 5.91 Å². The van der Waals surface area contributed by atoms with E-state index in [-0.39, 0.29) is 18.4 Å². The Morgan fingerprint density at radius 3 is 2.93 bits per heavy atom. The van der Waals surface area contributed by atoms with Crippen molar-refractivity contribution in [2.45, 2.75) is 19.4 Å². The number of rotatable bonds is 4. The highest BCUT2D eigenvalue weighted by Crippen LogP contribution is 2.01. The predicted molar refractivity (Wildman–Crippen MR) is 52.9 cm³/mol. The molecular weight excluding hydrogens is 202 g/mol. The first-order valence-electron chi connectivity index (χ1n) is 4.07. The van der Waals surface area contributed by atoms with Gasteiger partial charge in [-0.25, -0.2) is 4.98 Å². The molecule has 5 nitrogen and oxygen atoms in total. The SMILES string of the molecule is CC(CC(N)=O)NC(=O)c1cscn1. The fraction of sp³-hybridized carbons (Fsp3) is 0.375. The van der Waals surface area contributed by atoms with Crippen LogP contribution in [0.3, 0.4) is 0 Å². The van der Waals surface area contributed by atoms with Crippen LogP contribution in [0.5, 0.6) is 0 Å². The molecule has 0 aliphatic carbocycles. The van der Waals surface area contributed by atoms with Gasteiger partial charge in [-0.3, -0.25) is 9.59 Å². The van der Waals surface area contributed by atoms with Gasteiger partial charge in [-0.2, -0.15) is 0 Å². The van der Waals surface area contributed by atoms with Crippen LogP contribution >= 0.6 is 11.3 Å². The van der Waals surface area contributed by atoms with Crippen molar-refractivity contribution in [3.8, 4) is 0 Å². The van der Waals surface area contributed by atoms with Crippen molar-refractivity contribution >= 4 is 23.2 Å². The Morgan fingerprint density at radius 1 is 1.71 bits per heavy atom. The molecule has 2 amide bonds. The van der Waals surface area contributed by atoms with Gasteiger partial charge in [-0.05, 0) is 6.92 Å². The quantitative estimate of drug-likeness (QED) is 0.745. The normalized spacial score (nSPS) is 12.1. The molecule has 0 bridgehead atoms. The van der Waals surface area contributed by atoms with Gasteiger partial charge in [0.05, 0.1) is 5.51 Å². The Labute approximate surface area is 85.3 Å². The van der Waals surface area contributed by atoms with Crippen LogP contribution in [0.1, 0.15) is 23.8 Å². The lowest BCUT2D eigenvalue weighted by Crippen LogP contribution is -2.35. The van der Waals surface area contributed by atoms with Gasteiger partial charge >= 0.3 is 0 Å². The van der Waals surface area contributed by atoms with E-state index in [1.807, 2.05) is 0 Å². The number of primary amides is 1. The van der Waals surface area contributed by atoms with Crippen LogP contribution in [-0.4, -0.2) is 22.8 Å². The molecule has 0 aromatic carbocycles. The van der Waals surface area contributed by atoms with Crippen LogP contribution in [0.25, 0.3) is 0 Å². The molecule has 1 heterocycles. The molecule has 1 rings (SSSR count). The van der Waals surface area contributed by atoms with Crippen LogP contribution < -0.4 is 11.1 Å². The van der Waals surface area contributed by atoms with E-state index in [0.29, 0.717) is 5.69 Å². The average Bonchev–Trinajstić information content (AvgIpc) is 2.53. The molecule has 0 saturated heterocycles. The molecule has 0 spiro atoms. The van der Waals surface area contributed by atoms with E-state index in [0.717, 1.165) is 0 Å². The number of nitrogens with one attached hydrogen (secondary N) is 1. The van der Waals surface area contributed by atoms with Crippen molar-refractivity contribution in [2.24, 2.45) is 5.73 Å². The largest absolute Gasteiger partial charge is 0.370 e. The van der Waals surface area contributed by atoms with E-state index in [4.69, 9.17) is 5.73 Å². The lowest BCUT2D eigenvalue weighted by Gasteiger charge is -2.10. The Balaban J connectivity index is 2.45. The molecule has 76 valence electrons. The summed E-state index contributed by atoms with van der Waals surface area (Å²) in [6.45, 7) is 1.72. The van der Waals surface area contributed by atoms with Gasteiger partial charge in [-0.15, -0.1) is 11.3 Å². The molecule has 3 N–H and O–H groups in total. The summed E-state index contributed by atoms with van der Waals surface area (Å²) in [5, 5.41) is 4.26. The third-order valence-corrected chi connectivity index (χ3v) is 2.14. The van der Waals surface area contributed by atoms with Gasteiger partial charge in [-0.1, -0.05) is 0 Å². The third kappa shape index (κ3) is 3.14. The number of amides is 2. The first kappa shape index (κ1) is 10.6. The zero-order valence-corrected chi connectivity index (χ0v) is 8.50. The number of aromatic nitrogens is 1. The van der Waals surface area contributed by atoms with E-state index >= 15 is 0 Å². The summed E-state index contributed by atoms with van der Waals surface area (Å²) in [4.78, 5) is 25.8. The Kier molecular flexibility index (Phi) is 3.58. The number of carbonyl (C=O) groups is 2. The molecule has 1 aromatic heterocycles. The monoisotopic (exact) mass is 213 g/mol. The topological polar surface area (TPSA) is 85.1 Å². The zero-order chi connectivity index (χ0) is 10.6. The molecule has 0 saturated carbocycles. The molecule has 14 heavy (non-hydrogen) atoms. The van der Waals surface area contributed by atoms with Gasteiger partial charge in [0, 0.05) is 17.8 Å². The van der Waals surface area contributed by atoms with E-state index in [1.165, 1.54) is 11.3 Å². The third-order valence-electron chi connectivity index (χ3n) is 1.55. The van der Waals surface area contributed by atoms with E-state index in [2.05, 4.69) is 10.3 Å². The fourth-order valence-corrected chi connectivity index (χ4v) is 1.51. The van der Waals surface area contributed by atoms with Gasteiger partial charge in [0.2, 0.25) is 5.91 Å². The van der Waals surface area contributed by atoms with Gasteiger partial charge in [0.25, 0.3) is 5.91 Å². The highest BCUT2D eigenvalue weighted by molar-refractivity contribution is 7.07. The van der Waals surface area contributed by atoms with Crippen LogP contribution in [0.15, 0.2) is 10.9 Å². The van der Waals surface area contributed by atoms with Crippen molar-refractivity contribution in [1.82, 2.24) is 10.3 Å². The number of hydrogen-bond donors (Lipinski definition) is 2. The minimum atomic E-state index is -0.434. The molecule has 0 radical (unpaired) electrons. The predicted octanol–water partition coefficient (Wildman–Crippen LogP) is 0.137. The van der Waals surface area contributed by atoms with Gasteiger partial charge in [0.15, 0.2) is 0 Å². The molecule has 6 heteroatoms. The highest BCUT2D eigenvalue weighted by Gasteiger charge is 2.12. The van der Waals surface area contributed by atoms with Gasteiger partial charge in [0.1, 0.15) is 5.69 Å². The summed E-state index contributed by atoms with van der Waals surface area (Å²) in [6, 6.07) is -0.262. The van der Waals surface area contributed by atoms with Crippen LogP contribution in [0, 0.1) is 0 Å². The minimum absolute atomic E-state index is 0.135. The molecule has 0 aliphatic heterocycles. The zero-order valence-electron chi connectivity index (χ0n) is 7.69. The highest BCUT2D eigenvalue weighted by atomic mass is 32.1. The van der Waals surface area contributed by atoms with Crippen molar-refractivity contribution < 1.29 is 9.59 Å². The molecule has 1 unspecified atom stereocenters. The van der Waals surface area contributed by atoms with Crippen LogP contribution in [-0.2, 0) is 4.79 Å². The second-order valence-electron chi connectivity index (χ2n) is 2.92. The smallest absolute Gasteiger partial charge is 0.270 e. The summed E-state index contributed by atoms with van der Waals surface area (Å²) in [6.07, 6.45) is 0.135. The number of hydrogen-bond acceptors (Lipinski definition) is 4. The van der Waals surface area contributed by atoms with E-state index in [9.17, 15) is 9.59 Å². The average molecular weight is 213 g/mol.